The summed E-state index contributed by atoms with van der Waals surface area (Å²) in [6.45, 7) is 4.19. The van der Waals surface area contributed by atoms with Gasteiger partial charge < -0.3 is 11.1 Å². The fourth-order valence-corrected chi connectivity index (χ4v) is 3.90. The molecule has 1 aromatic rings. The van der Waals surface area contributed by atoms with Crippen LogP contribution in [0.1, 0.15) is 43.5 Å². The summed E-state index contributed by atoms with van der Waals surface area (Å²) in [6, 6.07) is 0.454. The van der Waals surface area contributed by atoms with Crippen LogP contribution < -0.4 is 11.1 Å². The summed E-state index contributed by atoms with van der Waals surface area (Å²) in [5.74, 6) is 3.16. The molecule has 20 heavy (non-hydrogen) atoms. The van der Waals surface area contributed by atoms with E-state index in [1.54, 1.807) is 0 Å². The maximum absolute atomic E-state index is 5.94. The molecule has 6 heteroatoms. The van der Waals surface area contributed by atoms with Gasteiger partial charge in [-0.1, -0.05) is 26.1 Å². The lowest BCUT2D eigenvalue weighted by Crippen LogP contribution is -2.28. The van der Waals surface area contributed by atoms with Crippen molar-refractivity contribution in [3.05, 3.63) is 16.8 Å². The second kappa shape index (κ2) is 7.22. The lowest BCUT2D eigenvalue weighted by Gasteiger charge is -2.24. The van der Waals surface area contributed by atoms with Crippen molar-refractivity contribution in [2.75, 3.05) is 16.8 Å². The van der Waals surface area contributed by atoms with Crippen LogP contribution in [0.3, 0.4) is 0 Å². The third-order valence-electron chi connectivity index (χ3n) is 3.65. The molecule has 0 amide bonds. The van der Waals surface area contributed by atoms with Gasteiger partial charge in [-0.05, 0) is 42.8 Å². The van der Waals surface area contributed by atoms with Gasteiger partial charge in [0.25, 0.3) is 0 Å². The highest BCUT2D eigenvalue weighted by Gasteiger charge is 2.20. The summed E-state index contributed by atoms with van der Waals surface area (Å²) in [6.07, 6.45) is 4.03. The van der Waals surface area contributed by atoms with E-state index in [-0.39, 0.29) is 0 Å². The molecular weight excluding hydrogens is 288 g/mol. The maximum Gasteiger partial charge on any atom is 0.159 e. The Hall–Kier alpha value is -0.880. The Morgan fingerprint density at radius 3 is 2.55 bits per heavy atom. The Bertz CT molecular complexity index is 484. The molecule has 2 rings (SSSR count). The van der Waals surface area contributed by atoms with E-state index in [0.717, 1.165) is 48.3 Å². The molecule has 0 aliphatic carbocycles. The molecule has 0 unspecified atom stereocenters. The lowest BCUT2D eigenvalue weighted by molar-refractivity contribution is 0.660. The number of aryl methyl sites for hydroxylation is 1. The normalized spacial score (nSPS) is 16.1. The first-order valence-electron chi connectivity index (χ1n) is 7.19. The van der Waals surface area contributed by atoms with Crippen molar-refractivity contribution in [1.29, 1.82) is 0 Å². The summed E-state index contributed by atoms with van der Waals surface area (Å²) >= 11 is 7.25. The number of thioether (sulfide) groups is 1. The molecule has 1 aromatic heterocycles. The zero-order valence-corrected chi connectivity index (χ0v) is 13.7. The van der Waals surface area contributed by atoms with Crippen molar-refractivity contribution in [2.45, 2.75) is 45.6 Å². The SMILES string of the molecule is CCc1nnc(NC2CCSCC2)c(C(N)=S)c1CC. The van der Waals surface area contributed by atoms with Crippen molar-refractivity contribution in [2.24, 2.45) is 5.73 Å². The fourth-order valence-electron chi connectivity index (χ4n) is 2.57. The average Bonchev–Trinajstić information content (AvgIpc) is 2.47. The van der Waals surface area contributed by atoms with Gasteiger partial charge in [0.05, 0.1) is 11.3 Å². The molecule has 2 heterocycles. The number of hydrogen-bond acceptors (Lipinski definition) is 5. The van der Waals surface area contributed by atoms with Crippen molar-refractivity contribution in [3.63, 3.8) is 0 Å². The van der Waals surface area contributed by atoms with E-state index in [4.69, 9.17) is 18.0 Å². The zero-order chi connectivity index (χ0) is 14.5. The summed E-state index contributed by atoms with van der Waals surface area (Å²) in [5.41, 5.74) is 8.98. The van der Waals surface area contributed by atoms with Gasteiger partial charge in [0.1, 0.15) is 4.99 Å². The van der Waals surface area contributed by atoms with Gasteiger partial charge >= 0.3 is 0 Å². The highest BCUT2D eigenvalue weighted by molar-refractivity contribution is 7.99. The Morgan fingerprint density at radius 2 is 2.00 bits per heavy atom. The molecular formula is C14H22N4S2. The van der Waals surface area contributed by atoms with E-state index in [0.29, 0.717) is 11.0 Å². The van der Waals surface area contributed by atoms with Crippen molar-refractivity contribution >= 4 is 34.8 Å². The van der Waals surface area contributed by atoms with E-state index >= 15 is 0 Å². The molecule has 0 atom stereocenters. The molecule has 1 fully saturated rings. The van der Waals surface area contributed by atoms with Crippen LogP contribution in [0.25, 0.3) is 0 Å². The molecule has 0 spiro atoms. The first-order chi connectivity index (χ1) is 9.67. The number of thiocarbonyl (C=S) groups is 1. The Labute approximate surface area is 130 Å². The molecule has 110 valence electrons. The molecule has 1 aliphatic heterocycles. The van der Waals surface area contributed by atoms with Crippen LogP contribution in [-0.4, -0.2) is 32.7 Å². The first kappa shape index (κ1) is 15.5. The van der Waals surface area contributed by atoms with Gasteiger partial charge in [0, 0.05) is 6.04 Å². The van der Waals surface area contributed by atoms with Crippen LogP contribution in [0, 0.1) is 0 Å². The van der Waals surface area contributed by atoms with Crippen LogP contribution in [0.15, 0.2) is 0 Å². The Morgan fingerprint density at radius 1 is 1.30 bits per heavy atom. The number of nitrogens with zero attached hydrogens (tertiary/aromatic N) is 2. The predicted molar refractivity (Wildman–Crippen MR) is 90.6 cm³/mol. The lowest BCUT2D eigenvalue weighted by atomic mass is 10.0. The number of anilines is 1. The molecule has 3 N–H and O–H groups in total. The largest absolute Gasteiger partial charge is 0.389 e. The van der Waals surface area contributed by atoms with E-state index in [1.165, 1.54) is 11.5 Å². The predicted octanol–water partition coefficient (Wildman–Crippen LogP) is 2.54. The van der Waals surface area contributed by atoms with Gasteiger partial charge in [-0.2, -0.15) is 16.9 Å². The van der Waals surface area contributed by atoms with Crippen molar-refractivity contribution < 1.29 is 0 Å². The Kier molecular flexibility index (Phi) is 5.60. The molecule has 0 saturated carbocycles. The van der Waals surface area contributed by atoms with Crippen LogP contribution in [0.5, 0.6) is 0 Å². The minimum Gasteiger partial charge on any atom is -0.389 e. The minimum absolute atomic E-state index is 0.416. The minimum atomic E-state index is 0.416. The van der Waals surface area contributed by atoms with Gasteiger partial charge in [0.2, 0.25) is 0 Å². The highest BCUT2D eigenvalue weighted by atomic mass is 32.2. The van der Waals surface area contributed by atoms with Crippen LogP contribution in [-0.2, 0) is 12.8 Å². The summed E-state index contributed by atoms with van der Waals surface area (Å²) < 4.78 is 0. The number of nitrogens with two attached hydrogens (primary N) is 1. The van der Waals surface area contributed by atoms with Gasteiger partial charge in [-0.3, -0.25) is 0 Å². The van der Waals surface area contributed by atoms with Gasteiger partial charge in [-0.25, -0.2) is 0 Å². The highest BCUT2D eigenvalue weighted by Crippen LogP contribution is 2.25. The second-order valence-electron chi connectivity index (χ2n) is 4.95. The monoisotopic (exact) mass is 310 g/mol. The Balaban J connectivity index is 2.33. The summed E-state index contributed by atoms with van der Waals surface area (Å²) in [7, 11) is 0. The fraction of sp³-hybridized carbons (Fsp3) is 0.643. The van der Waals surface area contributed by atoms with Crippen LogP contribution in [0.2, 0.25) is 0 Å². The van der Waals surface area contributed by atoms with E-state index in [1.807, 2.05) is 11.8 Å². The quantitative estimate of drug-likeness (QED) is 0.815. The number of nitrogens with one attached hydrogen (secondary N) is 1. The molecule has 0 aromatic carbocycles. The maximum atomic E-state index is 5.94. The van der Waals surface area contributed by atoms with E-state index in [2.05, 4.69) is 29.4 Å². The topological polar surface area (TPSA) is 63.8 Å². The first-order valence-corrected chi connectivity index (χ1v) is 8.76. The van der Waals surface area contributed by atoms with Gasteiger partial charge in [0.15, 0.2) is 5.82 Å². The van der Waals surface area contributed by atoms with Crippen molar-refractivity contribution in [3.8, 4) is 0 Å². The number of hydrogen-bond donors (Lipinski definition) is 2. The second-order valence-corrected chi connectivity index (χ2v) is 6.62. The molecule has 1 saturated heterocycles. The smallest absolute Gasteiger partial charge is 0.159 e. The van der Waals surface area contributed by atoms with E-state index in [9.17, 15) is 0 Å². The number of aromatic nitrogens is 2. The third-order valence-corrected chi connectivity index (χ3v) is 4.91. The number of rotatable bonds is 5. The molecule has 4 nitrogen and oxygen atoms in total. The standard InChI is InChI=1S/C14H22N4S2/c1-3-10-11(4-2)17-18-14(12(10)13(15)19)16-9-5-7-20-8-6-9/h9H,3-8H2,1-2H3,(H2,15,19)(H,16,18). The van der Waals surface area contributed by atoms with Crippen LogP contribution in [0.4, 0.5) is 5.82 Å². The summed E-state index contributed by atoms with van der Waals surface area (Å²) in [4.78, 5) is 0.416. The third kappa shape index (κ3) is 3.41. The van der Waals surface area contributed by atoms with Crippen molar-refractivity contribution in [1.82, 2.24) is 10.2 Å². The molecule has 0 bridgehead atoms. The molecule has 0 radical (unpaired) electrons. The van der Waals surface area contributed by atoms with Crippen LogP contribution >= 0.6 is 24.0 Å². The van der Waals surface area contributed by atoms with E-state index < -0.39 is 0 Å². The average molecular weight is 310 g/mol. The zero-order valence-electron chi connectivity index (χ0n) is 12.1. The summed E-state index contributed by atoms with van der Waals surface area (Å²) in [5, 5.41) is 12.2. The molecule has 1 aliphatic rings. The van der Waals surface area contributed by atoms with Gasteiger partial charge in [-0.15, -0.1) is 5.10 Å².